The molecule has 0 heterocycles. The van der Waals surface area contributed by atoms with E-state index in [9.17, 15) is 18.7 Å². The van der Waals surface area contributed by atoms with Crippen LogP contribution < -0.4 is 18.5 Å². The van der Waals surface area contributed by atoms with Crippen LogP contribution in [-0.2, 0) is 16.0 Å². The van der Waals surface area contributed by atoms with Crippen molar-refractivity contribution in [3.05, 3.63) is 71.8 Å². The first-order valence-corrected chi connectivity index (χ1v) is 11.2. The van der Waals surface area contributed by atoms with Crippen molar-refractivity contribution in [3.63, 3.8) is 0 Å². The average Bonchev–Trinajstić information content (AvgIpc) is 2.84. The van der Waals surface area contributed by atoms with E-state index >= 15 is 0 Å². The Balaban J connectivity index is 2.29. The van der Waals surface area contributed by atoms with Crippen molar-refractivity contribution in [2.45, 2.75) is 6.92 Å². The van der Waals surface area contributed by atoms with E-state index < -0.39 is 17.2 Å². The number of anilines is 2. The van der Waals surface area contributed by atoms with Crippen LogP contribution in [0.2, 0.25) is 0 Å². The molecule has 1 atom stereocenters. The zero-order valence-electron chi connectivity index (χ0n) is 18.8. The predicted octanol–water partition coefficient (Wildman–Crippen LogP) is 3.89. The van der Waals surface area contributed by atoms with Crippen LogP contribution in [0.1, 0.15) is 15.9 Å². The van der Waals surface area contributed by atoms with Gasteiger partial charge < -0.3 is 28.6 Å². The molecule has 0 saturated heterocycles. The fraction of sp³-hybridized carbons (Fsp3) is 0.208. The summed E-state index contributed by atoms with van der Waals surface area (Å²) in [6.07, 6.45) is 0. The third-order valence-electron chi connectivity index (χ3n) is 4.72. The SMILES string of the molecule is COC(=O)c1cc(OCCO)c(Oc2ccccc2OC)c(N(c2ccc(C)cc2)S(=O)[O-])c1. The summed E-state index contributed by atoms with van der Waals surface area (Å²) in [4.78, 5) is 12.4. The van der Waals surface area contributed by atoms with Gasteiger partial charge in [0.1, 0.15) is 12.3 Å². The Labute approximate surface area is 199 Å². The number of esters is 1. The molecule has 3 aromatic rings. The van der Waals surface area contributed by atoms with Crippen molar-refractivity contribution in [1.29, 1.82) is 0 Å². The predicted molar refractivity (Wildman–Crippen MR) is 126 cm³/mol. The van der Waals surface area contributed by atoms with Gasteiger partial charge in [0.15, 0.2) is 23.0 Å². The van der Waals surface area contributed by atoms with Crippen molar-refractivity contribution < 1.29 is 37.6 Å². The molecule has 1 N–H and O–H groups in total. The summed E-state index contributed by atoms with van der Waals surface area (Å²) in [7, 11) is 2.68. The Kier molecular flexibility index (Phi) is 8.47. The van der Waals surface area contributed by atoms with Crippen LogP contribution in [0.4, 0.5) is 11.4 Å². The van der Waals surface area contributed by atoms with Gasteiger partial charge in [-0.1, -0.05) is 29.8 Å². The van der Waals surface area contributed by atoms with Crippen LogP contribution in [-0.4, -0.2) is 47.3 Å². The van der Waals surface area contributed by atoms with Crippen LogP contribution in [0, 0.1) is 6.92 Å². The van der Waals surface area contributed by atoms with Crippen molar-refractivity contribution in [2.75, 3.05) is 31.7 Å². The molecule has 0 aliphatic carbocycles. The molecule has 34 heavy (non-hydrogen) atoms. The Morgan fingerprint density at radius 2 is 1.71 bits per heavy atom. The lowest BCUT2D eigenvalue weighted by Gasteiger charge is -2.29. The molecule has 0 amide bonds. The summed E-state index contributed by atoms with van der Waals surface area (Å²) in [5.74, 6) is -0.00883. The van der Waals surface area contributed by atoms with Crippen molar-refractivity contribution in [3.8, 4) is 23.0 Å². The number of hydrogen-bond donors (Lipinski definition) is 1. The topological polar surface area (TPSA) is 118 Å². The van der Waals surface area contributed by atoms with Gasteiger partial charge in [-0.3, -0.25) is 8.51 Å². The number of ether oxygens (including phenoxy) is 4. The molecular formula is C24H24NO8S-. The highest BCUT2D eigenvalue weighted by molar-refractivity contribution is 7.81. The zero-order valence-corrected chi connectivity index (χ0v) is 19.7. The quantitative estimate of drug-likeness (QED) is 0.339. The van der Waals surface area contributed by atoms with Gasteiger partial charge >= 0.3 is 5.97 Å². The molecule has 0 saturated carbocycles. The number of aliphatic hydroxyl groups is 1. The Morgan fingerprint density at radius 3 is 2.29 bits per heavy atom. The van der Waals surface area contributed by atoms with Crippen molar-refractivity contribution >= 4 is 28.6 Å². The summed E-state index contributed by atoms with van der Waals surface area (Å²) in [6, 6.07) is 16.2. The minimum absolute atomic E-state index is 0.000989. The van der Waals surface area contributed by atoms with Crippen LogP contribution in [0.25, 0.3) is 0 Å². The number of aryl methyl sites for hydroxylation is 1. The molecule has 0 aliphatic rings. The molecule has 0 fully saturated rings. The number of benzene rings is 3. The molecule has 3 rings (SSSR count). The third kappa shape index (κ3) is 5.66. The normalized spacial score (nSPS) is 11.4. The summed E-state index contributed by atoms with van der Waals surface area (Å²) in [5, 5.41) is 9.30. The van der Waals surface area contributed by atoms with Gasteiger partial charge in [-0.2, -0.15) is 0 Å². The average molecular weight is 487 g/mol. The van der Waals surface area contributed by atoms with Crippen LogP contribution in [0.15, 0.2) is 60.7 Å². The van der Waals surface area contributed by atoms with Gasteiger partial charge in [-0.25, -0.2) is 4.79 Å². The van der Waals surface area contributed by atoms with Crippen LogP contribution in [0.5, 0.6) is 23.0 Å². The van der Waals surface area contributed by atoms with E-state index in [1.807, 2.05) is 6.92 Å². The van der Waals surface area contributed by atoms with Gasteiger partial charge in [0.25, 0.3) is 0 Å². The highest BCUT2D eigenvalue weighted by Crippen LogP contribution is 2.46. The van der Waals surface area contributed by atoms with Gasteiger partial charge in [-0.15, -0.1) is 0 Å². The van der Waals surface area contributed by atoms with E-state index in [1.165, 1.54) is 26.4 Å². The van der Waals surface area contributed by atoms with Gasteiger partial charge in [0.05, 0.1) is 43.3 Å². The zero-order chi connectivity index (χ0) is 24.7. The van der Waals surface area contributed by atoms with E-state index in [0.29, 0.717) is 11.4 Å². The van der Waals surface area contributed by atoms with E-state index in [0.717, 1.165) is 9.87 Å². The summed E-state index contributed by atoms with van der Waals surface area (Å²) in [5.41, 5.74) is 1.26. The standard InChI is InChI=1S/C24H25NO8S/c1-16-8-10-18(11-9-16)25(34(28)29)19-14-17(24(27)31-3)15-22(32-13-12-26)23(19)33-21-7-5-4-6-20(21)30-2/h4-11,14-15,26H,12-13H2,1-3H3,(H,28,29)/p-1. The Hall–Kier alpha value is -3.60. The van der Waals surface area contributed by atoms with Gasteiger partial charge in [-0.05, 0) is 43.3 Å². The number of carbonyl (C=O) groups is 1. The second-order valence-electron chi connectivity index (χ2n) is 6.99. The maximum Gasteiger partial charge on any atom is 0.338 e. The van der Waals surface area contributed by atoms with E-state index in [-0.39, 0.29) is 41.7 Å². The Bertz CT molecular complexity index is 1170. The molecular weight excluding hydrogens is 462 g/mol. The van der Waals surface area contributed by atoms with Crippen molar-refractivity contribution in [1.82, 2.24) is 0 Å². The summed E-state index contributed by atoms with van der Waals surface area (Å²) in [6.45, 7) is 1.43. The lowest BCUT2D eigenvalue weighted by molar-refractivity contribution is 0.0600. The first kappa shape index (κ1) is 25.0. The molecule has 0 aliphatic heterocycles. The number of rotatable bonds is 10. The largest absolute Gasteiger partial charge is 0.755 e. The number of hydrogen-bond acceptors (Lipinski definition) is 8. The van der Waals surface area contributed by atoms with Gasteiger partial charge in [0, 0.05) is 0 Å². The first-order chi connectivity index (χ1) is 16.4. The maximum atomic E-state index is 12.4. The lowest BCUT2D eigenvalue weighted by atomic mass is 10.1. The molecule has 0 aromatic heterocycles. The molecule has 3 aromatic carbocycles. The van der Waals surface area contributed by atoms with E-state index in [4.69, 9.17) is 18.9 Å². The minimum atomic E-state index is -2.81. The molecule has 0 bridgehead atoms. The third-order valence-corrected chi connectivity index (χ3v) is 5.43. The number of aliphatic hydroxyl groups excluding tert-OH is 1. The maximum absolute atomic E-state index is 12.4. The first-order valence-electron chi connectivity index (χ1n) is 10.2. The number of nitrogens with zero attached hydrogens (tertiary/aromatic N) is 1. The lowest BCUT2D eigenvalue weighted by Crippen LogP contribution is -2.21. The number of para-hydroxylation sites is 2. The fourth-order valence-corrected chi connectivity index (χ4v) is 3.73. The molecule has 1 unspecified atom stereocenters. The van der Waals surface area contributed by atoms with Crippen LogP contribution >= 0.6 is 0 Å². The second kappa shape index (κ2) is 11.5. The van der Waals surface area contributed by atoms with Crippen molar-refractivity contribution in [2.24, 2.45) is 0 Å². The van der Waals surface area contributed by atoms with E-state index in [2.05, 4.69) is 0 Å². The fourth-order valence-electron chi connectivity index (χ4n) is 3.14. The molecule has 0 spiro atoms. The van der Waals surface area contributed by atoms with E-state index in [1.54, 1.807) is 48.5 Å². The smallest absolute Gasteiger partial charge is 0.338 e. The second-order valence-corrected chi connectivity index (χ2v) is 7.79. The minimum Gasteiger partial charge on any atom is -0.755 e. The van der Waals surface area contributed by atoms with Crippen LogP contribution in [0.3, 0.4) is 0 Å². The summed E-state index contributed by atoms with van der Waals surface area (Å²) >= 11 is -2.81. The number of carbonyl (C=O) groups excluding carboxylic acids is 1. The molecule has 10 heteroatoms. The highest BCUT2D eigenvalue weighted by Gasteiger charge is 2.25. The Morgan fingerprint density at radius 1 is 1.03 bits per heavy atom. The number of methoxy groups -OCH3 is 2. The molecule has 9 nitrogen and oxygen atoms in total. The van der Waals surface area contributed by atoms with Gasteiger partial charge in [0.2, 0.25) is 0 Å². The highest BCUT2D eigenvalue weighted by atomic mass is 32.2. The molecule has 180 valence electrons. The summed E-state index contributed by atoms with van der Waals surface area (Å²) < 4.78 is 47.8. The monoisotopic (exact) mass is 486 g/mol. The molecule has 0 radical (unpaired) electrons.